The van der Waals surface area contributed by atoms with Crippen molar-refractivity contribution < 1.29 is 9.13 Å². The number of nitrogens with zero attached hydrogens (tertiary/aromatic N) is 3. The lowest BCUT2D eigenvalue weighted by atomic mass is 9.98. The molecular formula is C24H28FN3O. The molecule has 1 fully saturated rings. The molecule has 0 saturated carbocycles. The number of aromatic nitrogens is 2. The molecule has 4 nitrogen and oxygen atoms in total. The zero-order valence-corrected chi connectivity index (χ0v) is 17.1. The highest BCUT2D eigenvalue weighted by molar-refractivity contribution is 5.63. The molecule has 29 heavy (non-hydrogen) atoms. The van der Waals surface area contributed by atoms with E-state index in [0.29, 0.717) is 5.92 Å². The number of likely N-dealkylation sites (tertiary alicyclic amines) is 1. The van der Waals surface area contributed by atoms with Gasteiger partial charge in [0.25, 0.3) is 0 Å². The first-order chi connectivity index (χ1) is 14.1. The number of aryl methyl sites for hydroxylation is 1. The molecule has 0 aliphatic carbocycles. The van der Waals surface area contributed by atoms with Crippen LogP contribution >= 0.6 is 0 Å². The van der Waals surface area contributed by atoms with E-state index in [9.17, 15) is 4.39 Å². The first-order valence-electron chi connectivity index (χ1n) is 10.2. The fourth-order valence-corrected chi connectivity index (χ4v) is 4.11. The zero-order valence-electron chi connectivity index (χ0n) is 17.1. The van der Waals surface area contributed by atoms with E-state index in [-0.39, 0.29) is 5.82 Å². The van der Waals surface area contributed by atoms with Gasteiger partial charge in [0.2, 0.25) is 0 Å². The Balaban J connectivity index is 1.65. The highest BCUT2D eigenvalue weighted by Gasteiger charge is 2.22. The molecule has 0 amide bonds. The van der Waals surface area contributed by atoms with Gasteiger partial charge >= 0.3 is 0 Å². The first kappa shape index (κ1) is 19.8. The highest BCUT2D eigenvalue weighted by Crippen LogP contribution is 2.27. The van der Waals surface area contributed by atoms with Crippen LogP contribution in [0.4, 0.5) is 4.39 Å². The van der Waals surface area contributed by atoms with Crippen molar-refractivity contribution in [2.45, 2.75) is 26.3 Å². The van der Waals surface area contributed by atoms with E-state index >= 15 is 0 Å². The lowest BCUT2D eigenvalue weighted by Gasteiger charge is -2.32. The summed E-state index contributed by atoms with van der Waals surface area (Å²) in [5.74, 6) is 0.349. The first-order valence-corrected chi connectivity index (χ1v) is 10.2. The summed E-state index contributed by atoms with van der Waals surface area (Å²) in [7, 11) is 1.77. The van der Waals surface area contributed by atoms with Crippen molar-refractivity contribution in [1.82, 2.24) is 14.7 Å². The second-order valence-electron chi connectivity index (χ2n) is 7.99. The number of benzene rings is 2. The van der Waals surface area contributed by atoms with E-state index < -0.39 is 0 Å². The van der Waals surface area contributed by atoms with Crippen LogP contribution in [-0.2, 0) is 11.3 Å². The number of hydrogen-bond acceptors (Lipinski definition) is 3. The van der Waals surface area contributed by atoms with Gasteiger partial charge in [-0.2, -0.15) is 5.10 Å². The van der Waals surface area contributed by atoms with Crippen LogP contribution in [0.3, 0.4) is 0 Å². The average Bonchev–Trinajstić information content (AvgIpc) is 3.13. The summed E-state index contributed by atoms with van der Waals surface area (Å²) < 4.78 is 20.8. The zero-order chi connectivity index (χ0) is 20.2. The minimum Gasteiger partial charge on any atom is -0.384 e. The standard InChI is InChI=1S/C24H28FN3O/c1-18-5-11-23(12-6-18)28-16-21(15-27-13-3-4-19(14-27)17-29-2)24(26-28)20-7-9-22(25)10-8-20/h5-12,16,19H,3-4,13-15,17H2,1-2H3/t19-/m1/s1. The van der Waals surface area contributed by atoms with Crippen LogP contribution in [0.25, 0.3) is 16.9 Å². The number of rotatable bonds is 6. The van der Waals surface area contributed by atoms with Gasteiger partial charge in [-0.25, -0.2) is 9.07 Å². The van der Waals surface area contributed by atoms with Gasteiger partial charge < -0.3 is 4.74 Å². The lowest BCUT2D eigenvalue weighted by molar-refractivity contribution is 0.0874. The molecule has 2 aromatic carbocycles. The second-order valence-corrected chi connectivity index (χ2v) is 7.99. The Kier molecular flexibility index (Phi) is 6.07. The van der Waals surface area contributed by atoms with Crippen molar-refractivity contribution in [3.63, 3.8) is 0 Å². The molecule has 2 heterocycles. The molecule has 1 atom stereocenters. The predicted molar refractivity (Wildman–Crippen MR) is 114 cm³/mol. The SMILES string of the molecule is COC[C@@H]1CCCN(Cc2cn(-c3ccc(C)cc3)nc2-c2ccc(F)cc2)C1. The van der Waals surface area contributed by atoms with Crippen molar-refractivity contribution in [1.29, 1.82) is 0 Å². The molecule has 1 aromatic heterocycles. The monoisotopic (exact) mass is 393 g/mol. The van der Waals surface area contributed by atoms with E-state index in [1.54, 1.807) is 7.11 Å². The molecular weight excluding hydrogens is 365 g/mol. The van der Waals surface area contributed by atoms with Crippen LogP contribution in [0.5, 0.6) is 0 Å². The molecule has 1 aliphatic heterocycles. The predicted octanol–water partition coefficient (Wildman–Crippen LogP) is 4.85. The number of halogens is 1. The Labute approximate surface area is 171 Å². The van der Waals surface area contributed by atoms with Gasteiger partial charge in [0.15, 0.2) is 0 Å². The van der Waals surface area contributed by atoms with Crippen molar-refractivity contribution in [3.8, 4) is 16.9 Å². The van der Waals surface area contributed by atoms with E-state index in [0.717, 1.165) is 48.7 Å². The van der Waals surface area contributed by atoms with Gasteiger partial charge in [-0.3, -0.25) is 4.90 Å². The quantitative estimate of drug-likeness (QED) is 0.600. The van der Waals surface area contributed by atoms with Gasteiger partial charge in [-0.05, 0) is 68.6 Å². The van der Waals surface area contributed by atoms with Crippen LogP contribution in [-0.4, -0.2) is 41.5 Å². The van der Waals surface area contributed by atoms with Gasteiger partial charge in [0.05, 0.1) is 18.0 Å². The third-order valence-corrected chi connectivity index (χ3v) is 5.61. The molecule has 0 radical (unpaired) electrons. The third-order valence-electron chi connectivity index (χ3n) is 5.61. The molecule has 0 spiro atoms. The van der Waals surface area contributed by atoms with E-state index in [1.165, 1.54) is 30.5 Å². The van der Waals surface area contributed by atoms with Gasteiger partial charge in [0, 0.05) is 37.5 Å². The summed E-state index contributed by atoms with van der Waals surface area (Å²) >= 11 is 0. The fourth-order valence-electron chi connectivity index (χ4n) is 4.11. The Hall–Kier alpha value is -2.50. The summed E-state index contributed by atoms with van der Waals surface area (Å²) in [5.41, 5.74) is 5.27. The van der Waals surface area contributed by atoms with Crippen LogP contribution in [0.2, 0.25) is 0 Å². The van der Waals surface area contributed by atoms with E-state index in [4.69, 9.17) is 9.84 Å². The molecule has 1 aliphatic rings. The summed E-state index contributed by atoms with van der Waals surface area (Å²) in [6, 6.07) is 15.0. The molecule has 5 heteroatoms. The summed E-state index contributed by atoms with van der Waals surface area (Å²) in [5, 5.41) is 4.87. The lowest BCUT2D eigenvalue weighted by Crippen LogP contribution is -2.36. The largest absolute Gasteiger partial charge is 0.384 e. The molecule has 3 aromatic rings. The Morgan fingerprint density at radius 2 is 1.86 bits per heavy atom. The summed E-state index contributed by atoms with van der Waals surface area (Å²) in [6.45, 7) is 5.84. The fraction of sp³-hybridized carbons (Fsp3) is 0.375. The highest BCUT2D eigenvalue weighted by atomic mass is 19.1. The van der Waals surface area contributed by atoms with Crippen LogP contribution in [0.15, 0.2) is 54.7 Å². The van der Waals surface area contributed by atoms with Crippen LogP contribution in [0.1, 0.15) is 24.0 Å². The van der Waals surface area contributed by atoms with Crippen LogP contribution < -0.4 is 0 Å². The Morgan fingerprint density at radius 3 is 2.59 bits per heavy atom. The van der Waals surface area contributed by atoms with E-state index in [2.05, 4.69) is 42.3 Å². The maximum Gasteiger partial charge on any atom is 0.123 e. The third kappa shape index (κ3) is 4.74. The topological polar surface area (TPSA) is 30.3 Å². The minimum atomic E-state index is -0.230. The summed E-state index contributed by atoms with van der Waals surface area (Å²) in [4.78, 5) is 2.48. The average molecular weight is 394 g/mol. The van der Waals surface area contributed by atoms with Gasteiger partial charge in [0.1, 0.15) is 5.82 Å². The second kappa shape index (κ2) is 8.89. The van der Waals surface area contributed by atoms with E-state index in [1.807, 2.05) is 16.8 Å². The molecule has 0 bridgehead atoms. The Bertz CT molecular complexity index is 932. The number of hydrogen-bond donors (Lipinski definition) is 0. The number of piperidine rings is 1. The van der Waals surface area contributed by atoms with Crippen molar-refractivity contribution >= 4 is 0 Å². The molecule has 0 N–H and O–H groups in total. The van der Waals surface area contributed by atoms with Crippen molar-refractivity contribution in [2.75, 3.05) is 26.8 Å². The maximum atomic E-state index is 13.5. The molecule has 4 rings (SSSR count). The molecule has 0 unspecified atom stereocenters. The number of ether oxygens (including phenoxy) is 1. The summed E-state index contributed by atoms with van der Waals surface area (Å²) in [6.07, 6.45) is 4.52. The molecule has 1 saturated heterocycles. The minimum absolute atomic E-state index is 0.230. The van der Waals surface area contributed by atoms with Crippen LogP contribution in [0, 0.1) is 18.7 Å². The normalized spacial score (nSPS) is 17.6. The van der Waals surface area contributed by atoms with Gasteiger partial charge in [-0.15, -0.1) is 0 Å². The van der Waals surface area contributed by atoms with Crippen molar-refractivity contribution in [2.24, 2.45) is 5.92 Å². The van der Waals surface area contributed by atoms with Gasteiger partial charge in [-0.1, -0.05) is 17.7 Å². The molecule has 152 valence electrons. The number of methoxy groups -OCH3 is 1. The maximum absolute atomic E-state index is 13.5. The van der Waals surface area contributed by atoms with Crippen molar-refractivity contribution in [3.05, 3.63) is 71.7 Å². The smallest absolute Gasteiger partial charge is 0.123 e. The Morgan fingerprint density at radius 1 is 1.10 bits per heavy atom.